The van der Waals surface area contributed by atoms with Gasteiger partial charge in [0.15, 0.2) is 28.1 Å². The summed E-state index contributed by atoms with van der Waals surface area (Å²) in [5.74, 6) is 0.743. The number of fused-ring (bicyclic) bond motifs is 2. The molecule has 0 aliphatic carbocycles. The average Bonchev–Trinajstić information content (AvgIpc) is 3.60. The number of amides is 1. The van der Waals surface area contributed by atoms with Gasteiger partial charge in [-0.25, -0.2) is 4.98 Å². The standard InChI is InChI=1S/C35H36N2O8S/c1-4-7-8-15-43-25-13-9-21(18-27(25)42-6-3)31-30(32(38)22-10-14-26-28(19-22)45-17-16-44-26)33(39)34(40)37(31)35-36-24-12-11-23(41-5-2)20-29(24)46-35/h9-14,18-20,31,38H,4-8,15-17H2,1-3H3/t31-/m0/s1. The fourth-order valence-corrected chi connectivity index (χ4v) is 6.58. The van der Waals surface area contributed by atoms with E-state index < -0.39 is 17.7 Å². The van der Waals surface area contributed by atoms with Crippen molar-refractivity contribution in [1.82, 2.24) is 4.98 Å². The van der Waals surface area contributed by atoms with Gasteiger partial charge in [-0.15, -0.1) is 0 Å². The molecule has 1 amide bonds. The molecule has 0 spiro atoms. The first-order chi connectivity index (χ1) is 22.4. The van der Waals surface area contributed by atoms with Crippen LogP contribution in [-0.4, -0.2) is 54.8 Å². The van der Waals surface area contributed by atoms with E-state index in [1.54, 1.807) is 36.4 Å². The zero-order chi connectivity index (χ0) is 32.2. The van der Waals surface area contributed by atoms with Crippen molar-refractivity contribution in [2.24, 2.45) is 0 Å². The van der Waals surface area contributed by atoms with E-state index in [-0.39, 0.29) is 11.3 Å². The molecule has 2 aliphatic rings. The summed E-state index contributed by atoms with van der Waals surface area (Å²) in [6.07, 6.45) is 3.02. The molecule has 1 fully saturated rings. The maximum absolute atomic E-state index is 13.9. The van der Waals surface area contributed by atoms with Crippen LogP contribution in [0.4, 0.5) is 5.13 Å². The highest BCUT2D eigenvalue weighted by Crippen LogP contribution is 2.47. The molecular weight excluding hydrogens is 608 g/mol. The predicted molar refractivity (Wildman–Crippen MR) is 176 cm³/mol. The van der Waals surface area contributed by atoms with Crippen molar-refractivity contribution in [3.63, 3.8) is 0 Å². The van der Waals surface area contributed by atoms with E-state index in [1.165, 1.54) is 16.2 Å². The summed E-state index contributed by atoms with van der Waals surface area (Å²) in [4.78, 5) is 33.8. The van der Waals surface area contributed by atoms with Gasteiger partial charge in [0, 0.05) is 5.56 Å². The Hall–Kier alpha value is -4.77. The molecule has 1 saturated heterocycles. The third-order valence-electron chi connectivity index (χ3n) is 7.71. The molecule has 4 aromatic rings. The van der Waals surface area contributed by atoms with E-state index in [2.05, 4.69) is 6.92 Å². The van der Waals surface area contributed by atoms with E-state index in [0.717, 1.165) is 24.0 Å². The van der Waals surface area contributed by atoms with Gasteiger partial charge in [0.1, 0.15) is 24.7 Å². The van der Waals surface area contributed by atoms with Gasteiger partial charge in [0.2, 0.25) is 0 Å². The van der Waals surface area contributed by atoms with Crippen LogP contribution in [-0.2, 0) is 9.59 Å². The number of Topliss-reactive ketones (excluding diaryl/α,β-unsaturated/α-hetero) is 1. The monoisotopic (exact) mass is 644 g/mol. The Morgan fingerprint density at radius 3 is 2.50 bits per heavy atom. The van der Waals surface area contributed by atoms with Crippen LogP contribution in [0.25, 0.3) is 16.0 Å². The molecule has 1 aromatic heterocycles. The van der Waals surface area contributed by atoms with Gasteiger partial charge in [0.05, 0.1) is 41.7 Å². The molecule has 2 aliphatic heterocycles. The minimum atomic E-state index is -1.01. The first-order valence-corrected chi connectivity index (χ1v) is 16.4. The van der Waals surface area contributed by atoms with Crippen LogP contribution in [0, 0.1) is 0 Å². The van der Waals surface area contributed by atoms with E-state index in [4.69, 9.17) is 28.7 Å². The van der Waals surface area contributed by atoms with E-state index in [0.29, 0.717) is 83.6 Å². The molecule has 240 valence electrons. The fraction of sp³-hybridized carbons (Fsp3) is 0.343. The SMILES string of the molecule is CCCCCOc1ccc([C@H]2C(=C(O)c3ccc4c(c3)OCCO4)C(=O)C(=O)N2c2nc3ccc(OCC)cc3s2)cc1OCC. The van der Waals surface area contributed by atoms with Crippen LogP contribution in [0.2, 0.25) is 0 Å². The van der Waals surface area contributed by atoms with Gasteiger partial charge in [0.25, 0.3) is 5.78 Å². The first kappa shape index (κ1) is 31.2. The van der Waals surface area contributed by atoms with E-state index >= 15 is 0 Å². The predicted octanol–water partition coefficient (Wildman–Crippen LogP) is 7.06. The number of ketones is 1. The molecule has 6 rings (SSSR count). The highest BCUT2D eigenvalue weighted by molar-refractivity contribution is 7.22. The molecule has 11 heteroatoms. The number of hydrogen-bond donors (Lipinski definition) is 1. The lowest BCUT2D eigenvalue weighted by Crippen LogP contribution is -2.29. The molecule has 1 atom stereocenters. The lowest BCUT2D eigenvalue weighted by atomic mass is 9.95. The number of anilines is 1. The number of unbranched alkanes of at least 4 members (excludes halogenated alkanes) is 2. The van der Waals surface area contributed by atoms with Crippen LogP contribution in [0.5, 0.6) is 28.7 Å². The number of aliphatic hydroxyl groups is 1. The summed E-state index contributed by atoms with van der Waals surface area (Å²) >= 11 is 1.27. The van der Waals surface area contributed by atoms with Gasteiger partial charge in [-0.3, -0.25) is 14.5 Å². The quantitative estimate of drug-likeness (QED) is 0.0749. The Morgan fingerprint density at radius 1 is 0.913 bits per heavy atom. The summed E-state index contributed by atoms with van der Waals surface area (Å²) in [6, 6.07) is 14.7. The van der Waals surface area contributed by atoms with Gasteiger partial charge in [-0.05, 0) is 74.4 Å². The van der Waals surface area contributed by atoms with Crippen molar-refractivity contribution in [3.8, 4) is 28.7 Å². The maximum atomic E-state index is 13.9. The Bertz CT molecular complexity index is 1800. The number of ether oxygens (including phenoxy) is 5. The second-order valence-corrected chi connectivity index (χ2v) is 11.8. The van der Waals surface area contributed by atoms with Gasteiger partial charge < -0.3 is 28.8 Å². The van der Waals surface area contributed by atoms with Crippen molar-refractivity contribution in [2.75, 3.05) is 37.9 Å². The topological polar surface area (TPSA) is 117 Å². The Kier molecular flexibility index (Phi) is 9.30. The van der Waals surface area contributed by atoms with Crippen LogP contribution < -0.4 is 28.6 Å². The van der Waals surface area contributed by atoms with Crippen LogP contribution in [0.15, 0.2) is 60.2 Å². The normalized spacial score (nSPS) is 17.0. The van der Waals surface area contributed by atoms with Gasteiger partial charge >= 0.3 is 5.91 Å². The average molecular weight is 645 g/mol. The Morgan fingerprint density at radius 2 is 1.72 bits per heavy atom. The van der Waals surface area contributed by atoms with Crippen LogP contribution in [0.3, 0.4) is 0 Å². The van der Waals surface area contributed by atoms with Gasteiger partial charge in [-0.1, -0.05) is 37.2 Å². The molecule has 0 radical (unpaired) electrons. The van der Waals surface area contributed by atoms with Crippen molar-refractivity contribution < 1.29 is 38.4 Å². The van der Waals surface area contributed by atoms with E-state index in [9.17, 15) is 14.7 Å². The summed E-state index contributed by atoms with van der Waals surface area (Å²) in [5.41, 5.74) is 1.45. The van der Waals surface area contributed by atoms with Gasteiger partial charge in [-0.2, -0.15) is 0 Å². The smallest absolute Gasteiger partial charge is 0.301 e. The largest absolute Gasteiger partial charge is 0.507 e. The molecule has 46 heavy (non-hydrogen) atoms. The summed E-state index contributed by atoms with van der Waals surface area (Å²) in [6.45, 7) is 8.10. The number of hydrogen-bond acceptors (Lipinski definition) is 10. The number of nitrogens with zero attached hydrogens (tertiary/aromatic N) is 2. The van der Waals surface area contributed by atoms with Crippen molar-refractivity contribution in [3.05, 3.63) is 71.3 Å². The summed E-state index contributed by atoms with van der Waals surface area (Å²) < 4.78 is 29.8. The molecule has 10 nitrogen and oxygen atoms in total. The Labute approximate surface area is 271 Å². The zero-order valence-corrected chi connectivity index (χ0v) is 26.9. The molecule has 0 unspecified atom stereocenters. The minimum Gasteiger partial charge on any atom is -0.507 e. The fourth-order valence-electron chi connectivity index (χ4n) is 5.56. The highest BCUT2D eigenvalue weighted by atomic mass is 32.1. The molecule has 0 bridgehead atoms. The second-order valence-electron chi connectivity index (χ2n) is 10.8. The number of carbonyl (C=O) groups excluding carboxylic acids is 2. The lowest BCUT2D eigenvalue weighted by molar-refractivity contribution is -0.132. The third kappa shape index (κ3) is 6.06. The number of benzene rings is 3. The molecule has 0 saturated carbocycles. The number of rotatable bonds is 12. The lowest BCUT2D eigenvalue weighted by Gasteiger charge is -2.24. The zero-order valence-electron chi connectivity index (χ0n) is 26.0. The number of aliphatic hydroxyl groups excluding tert-OH is 1. The summed E-state index contributed by atoms with van der Waals surface area (Å²) in [5, 5.41) is 12.0. The number of thiazole rings is 1. The molecule has 3 aromatic carbocycles. The molecular formula is C35H36N2O8S. The molecule has 3 heterocycles. The molecule has 1 N–H and O–H groups in total. The first-order valence-electron chi connectivity index (χ1n) is 15.6. The van der Waals surface area contributed by atoms with Crippen molar-refractivity contribution in [1.29, 1.82) is 0 Å². The van der Waals surface area contributed by atoms with Crippen molar-refractivity contribution >= 4 is 44.1 Å². The highest BCUT2D eigenvalue weighted by Gasteiger charge is 2.48. The van der Waals surface area contributed by atoms with E-state index in [1.807, 2.05) is 32.0 Å². The van der Waals surface area contributed by atoms with Crippen LogP contribution in [0.1, 0.15) is 57.2 Å². The van der Waals surface area contributed by atoms with Crippen LogP contribution >= 0.6 is 11.3 Å². The summed E-state index contributed by atoms with van der Waals surface area (Å²) in [7, 11) is 0. The number of carbonyl (C=O) groups is 2. The maximum Gasteiger partial charge on any atom is 0.301 e. The Balaban J connectivity index is 1.48. The second kappa shape index (κ2) is 13.7. The third-order valence-corrected chi connectivity index (χ3v) is 8.73. The minimum absolute atomic E-state index is 0.0741. The number of aromatic nitrogens is 1. The van der Waals surface area contributed by atoms with Crippen molar-refractivity contribution in [2.45, 2.75) is 46.1 Å².